The summed E-state index contributed by atoms with van der Waals surface area (Å²) in [5.41, 5.74) is 10.2. The maximum atomic E-state index is 6.65. The number of unbranched alkanes of at least 4 members (excludes halogenated alkanes) is 12. The van der Waals surface area contributed by atoms with Gasteiger partial charge in [0.05, 0.1) is 11.4 Å². The maximum Gasteiger partial charge on any atom is 0.151 e. The highest BCUT2D eigenvalue weighted by Crippen LogP contribution is 2.51. The van der Waals surface area contributed by atoms with Gasteiger partial charge in [0.25, 0.3) is 0 Å². The van der Waals surface area contributed by atoms with Crippen LogP contribution in [0.3, 0.4) is 0 Å². The molecule has 0 spiro atoms. The van der Waals surface area contributed by atoms with Gasteiger partial charge in [-0.25, -0.2) is 0 Å². The smallest absolute Gasteiger partial charge is 0.151 e. The van der Waals surface area contributed by atoms with Crippen LogP contribution in [-0.4, -0.2) is 6.54 Å². The van der Waals surface area contributed by atoms with Crippen LogP contribution in [0.1, 0.15) is 133 Å². The molecule has 1 heterocycles. The van der Waals surface area contributed by atoms with Crippen molar-refractivity contribution in [3.05, 3.63) is 108 Å². The van der Waals surface area contributed by atoms with E-state index in [1.54, 1.807) is 0 Å². The third-order valence-corrected chi connectivity index (χ3v) is 10.6. The van der Waals surface area contributed by atoms with E-state index in [0.29, 0.717) is 5.92 Å². The Morgan fingerprint density at radius 1 is 0.521 bits per heavy atom. The molecule has 2 nitrogen and oxygen atoms in total. The molecule has 4 aromatic rings. The summed E-state index contributed by atoms with van der Waals surface area (Å²) in [6.07, 6.45) is 24.2. The first kappa shape index (κ1) is 34.1. The van der Waals surface area contributed by atoms with E-state index < -0.39 is 0 Å². The lowest BCUT2D eigenvalue weighted by Gasteiger charge is -2.36. The van der Waals surface area contributed by atoms with Crippen molar-refractivity contribution in [3.8, 4) is 22.6 Å². The van der Waals surface area contributed by atoms with Crippen LogP contribution in [0, 0.1) is 5.92 Å². The van der Waals surface area contributed by atoms with Gasteiger partial charge >= 0.3 is 0 Å². The molecule has 0 N–H and O–H groups in total. The number of para-hydroxylation sites is 3. The fourth-order valence-corrected chi connectivity index (χ4v) is 7.95. The molecule has 0 saturated carbocycles. The summed E-state index contributed by atoms with van der Waals surface area (Å²) in [4.78, 5) is 2.62. The third kappa shape index (κ3) is 8.25. The van der Waals surface area contributed by atoms with E-state index in [1.165, 1.54) is 147 Å². The minimum atomic E-state index is 0.656. The van der Waals surface area contributed by atoms with Crippen LogP contribution >= 0.6 is 0 Å². The highest BCUT2D eigenvalue weighted by molar-refractivity contribution is 6.07. The quantitative estimate of drug-likeness (QED) is 0.0834. The first-order valence-corrected chi connectivity index (χ1v) is 19.4. The van der Waals surface area contributed by atoms with Crippen LogP contribution in [-0.2, 0) is 0 Å². The van der Waals surface area contributed by atoms with E-state index >= 15 is 0 Å². The van der Waals surface area contributed by atoms with Gasteiger partial charge in [0.15, 0.2) is 11.5 Å². The Morgan fingerprint density at radius 2 is 1.02 bits per heavy atom. The van der Waals surface area contributed by atoms with E-state index in [-0.39, 0.29) is 0 Å². The molecular formula is C46H57NO. The molecule has 1 aliphatic heterocycles. The molecule has 0 fully saturated rings. The van der Waals surface area contributed by atoms with Gasteiger partial charge in [-0.05, 0) is 70.9 Å². The average molecular weight is 640 g/mol. The number of rotatable bonds is 19. The molecule has 0 aromatic heterocycles. The first-order chi connectivity index (χ1) is 23.8. The third-order valence-electron chi connectivity index (χ3n) is 10.6. The summed E-state index contributed by atoms with van der Waals surface area (Å²) in [6.45, 7) is 5.65. The van der Waals surface area contributed by atoms with E-state index in [9.17, 15) is 0 Å². The second kappa shape index (κ2) is 17.6. The average Bonchev–Trinajstić information content (AvgIpc) is 3.43. The molecule has 2 aliphatic rings. The predicted octanol–water partition coefficient (Wildman–Crippen LogP) is 14.4. The van der Waals surface area contributed by atoms with Crippen molar-refractivity contribution in [1.82, 2.24) is 0 Å². The number of ether oxygens (including phenoxy) is 1. The van der Waals surface area contributed by atoms with Crippen LogP contribution in [0.4, 0.5) is 11.4 Å². The molecular weight excluding hydrogens is 583 g/mol. The molecule has 0 bridgehead atoms. The van der Waals surface area contributed by atoms with Crippen LogP contribution in [0.25, 0.3) is 22.8 Å². The van der Waals surface area contributed by atoms with Crippen LogP contribution in [0.15, 0.2) is 91.0 Å². The Morgan fingerprint density at radius 3 is 1.62 bits per heavy atom. The molecule has 48 heavy (non-hydrogen) atoms. The second-order valence-electron chi connectivity index (χ2n) is 14.2. The standard InChI is InChI=1S/C46H57NO/c1-3-5-7-9-11-12-14-16-25-36(24-15-13-10-8-6-4-2)35-47-43-31-21-22-32-44(43)48-45-33-23-26-37(46(45)47)34-42-40-29-19-17-27-38(40)39-28-18-20-30-41(39)42/h17-23,26-34,36H,3-16,24-25,35H2,1-2H3. The van der Waals surface area contributed by atoms with Crippen LogP contribution in [0.5, 0.6) is 11.5 Å². The van der Waals surface area contributed by atoms with Crippen molar-refractivity contribution in [2.24, 2.45) is 5.92 Å². The Balaban J connectivity index is 1.28. The minimum Gasteiger partial charge on any atom is -0.453 e. The lowest BCUT2D eigenvalue weighted by atomic mass is 9.92. The van der Waals surface area contributed by atoms with Gasteiger partial charge in [0.2, 0.25) is 0 Å². The lowest BCUT2D eigenvalue weighted by Crippen LogP contribution is -2.28. The molecule has 0 radical (unpaired) electrons. The van der Waals surface area contributed by atoms with E-state index in [2.05, 4.69) is 116 Å². The van der Waals surface area contributed by atoms with Crippen molar-refractivity contribution >= 4 is 23.0 Å². The summed E-state index contributed by atoms with van der Waals surface area (Å²) < 4.78 is 6.65. The Kier molecular flexibility index (Phi) is 12.5. The fourth-order valence-electron chi connectivity index (χ4n) is 7.95. The summed E-state index contributed by atoms with van der Waals surface area (Å²) in [5.74, 6) is 2.59. The zero-order valence-corrected chi connectivity index (χ0v) is 29.7. The first-order valence-electron chi connectivity index (χ1n) is 19.4. The molecule has 1 atom stereocenters. The van der Waals surface area contributed by atoms with Gasteiger partial charge < -0.3 is 9.64 Å². The summed E-state index contributed by atoms with van der Waals surface area (Å²) in [6, 6.07) is 33.0. The largest absolute Gasteiger partial charge is 0.453 e. The molecule has 252 valence electrons. The number of nitrogens with zero attached hydrogens (tertiary/aromatic N) is 1. The monoisotopic (exact) mass is 639 g/mol. The molecule has 0 saturated heterocycles. The van der Waals surface area contributed by atoms with Gasteiger partial charge in [0.1, 0.15) is 0 Å². The summed E-state index contributed by atoms with van der Waals surface area (Å²) in [7, 11) is 0. The van der Waals surface area contributed by atoms with Crippen molar-refractivity contribution in [2.75, 3.05) is 11.4 Å². The Bertz CT molecular complexity index is 1590. The van der Waals surface area contributed by atoms with Crippen molar-refractivity contribution in [2.45, 2.75) is 117 Å². The normalized spacial score (nSPS) is 13.4. The highest BCUT2D eigenvalue weighted by Gasteiger charge is 2.29. The Hall–Kier alpha value is -3.78. The molecule has 2 heteroatoms. The van der Waals surface area contributed by atoms with Gasteiger partial charge in [-0.2, -0.15) is 0 Å². The number of benzene rings is 4. The zero-order valence-electron chi connectivity index (χ0n) is 29.7. The van der Waals surface area contributed by atoms with Crippen LogP contribution in [0.2, 0.25) is 0 Å². The lowest BCUT2D eigenvalue weighted by molar-refractivity contribution is 0.401. The second-order valence-corrected chi connectivity index (χ2v) is 14.2. The minimum absolute atomic E-state index is 0.656. The fraction of sp³-hybridized carbons (Fsp3) is 0.435. The predicted molar refractivity (Wildman–Crippen MR) is 208 cm³/mol. The van der Waals surface area contributed by atoms with E-state index in [4.69, 9.17) is 4.74 Å². The van der Waals surface area contributed by atoms with Gasteiger partial charge in [0, 0.05) is 12.1 Å². The molecule has 6 rings (SSSR count). The zero-order chi connectivity index (χ0) is 33.0. The molecule has 0 amide bonds. The van der Waals surface area contributed by atoms with Gasteiger partial charge in [-0.15, -0.1) is 0 Å². The SMILES string of the molecule is CCCCCCCCCCC(CCCCCCCC)CN1c2ccccc2Oc2cccc(C=C3c4ccccc4-c4ccccc43)c21. The summed E-state index contributed by atoms with van der Waals surface area (Å²) >= 11 is 0. The number of hydrogen-bond donors (Lipinski definition) is 0. The van der Waals surface area contributed by atoms with Gasteiger partial charge in [-0.3, -0.25) is 0 Å². The van der Waals surface area contributed by atoms with Crippen molar-refractivity contribution in [1.29, 1.82) is 0 Å². The number of fused-ring (bicyclic) bond motifs is 5. The highest BCUT2D eigenvalue weighted by atomic mass is 16.5. The van der Waals surface area contributed by atoms with E-state index in [1.807, 2.05) is 0 Å². The maximum absolute atomic E-state index is 6.65. The van der Waals surface area contributed by atoms with Crippen molar-refractivity contribution < 1.29 is 4.74 Å². The number of hydrogen-bond acceptors (Lipinski definition) is 2. The topological polar surface area (TPSA) is 12.5 Å². The number of anilines is 2. The molecule has 1 unspecified atom stereocenters. The van der Waals surface area contributed by atoms with Crippen molar-refractivity contribution in [3.63, 3.8) is 0 Å². The van der Waals surface area contributed by atoms with Gasteiger partial charge in [-0.1, -0.05) is 177 Å². The summed E-state index contributed by atoms with van der Waals surface area (Å²) in [5, 5.41) is 0. The Labute approximate surface area is 291 Å². The molecule has 1 aliphatic carbocycles. The molecule has 4 aromatic carbocycles. The van der Waals surface area contributed by atoms with E-state index in [0.717, 1.165) is 18.0 Å². The van der Waals surface area contributed by atoms with Crippen LogP contribution < -0.4 is 9.64 Å².